The van der Waals surface area contributed by atoms with Crippen molar-refractivity contribution in [1.29, 1.82) is 0 Å². The fourth-order valence-electron chi connectivity index (χ4n) is 21.8. The van der Waals surface area contributed by atoms with Gasteiger partial charge in [-0.25, -0.2) is 9.59 Å². The van der Waals surface area contributed by atoms with Gasteiger partial charge in [0.2, 0.25) is 0 Å². The highest BCUT2D eigenvalue weighted by Gasteiger charge is 2.44. The number of aldehydes is 1. The first kappa shape index (κ1) is 108. The fourth-order valence-corrected chi connectivity index (χ4v) is 21.9. The van der Waals surface area contributed by atoms with Gasteiger partial charge in [0, 0.05) is 78.3 Å². The van der Waals surface area contributed by atoms with E-state index < -0.39 is 11.2 Å². The summed E-state index contributed by atoms with van der Waals surface area (Å²) in [4.78, 5) is 38.4. The summed E-state index contributed by atoms with van der Waals surface area (Å²) in [6, 6.07) is 45.6. The number of carbonyl (C=O) groups is 3. The van der Waals surface area contributed by atoms with Gasteiger partial charge in [-0.15, -0.1) is 12.3 Å². The van der Waals surface area contributed by atoms with Gasteiger partial charge in [0.15, 0.2) is 5.17 Å². The summed E-state index contributed by atoms with van der Waals surface area (Å²) in [6.07, 6.45) is 27.8. The van der Waals surface area contributed by atoms with E-state index in [1.54, 1.807) is 20.9 Å². The molecule has 3 saturated heterocycles. The highest BCUT2D eigenvalue weighted by atomic mass is 35.5. The zero-order valence-electron chi connectivity index (χ0n) is 89.4. The molecule has 0 atom stereocenters. The van der Waals surface area contributed by atoms with E-state index in [0.717, 1.165) is 109 Å². The molecule has 137 heavy (non-hydrogen) atoms. The Hall–Kier alpha value is -9.30. The molecule has 9 aliphatic rings. The third-order valence-electron chi connectivity index (χ3n) is 32.1. The molecule has 6 aliphatic carbocycles. The molecule has 16 nitrogen and oxygen atoms in total. The number of carbonyl (C=O) groups excluding carboxylic acids is 3. The summed E-state index contributed by atoms with van der Waals surface area (Å²) in [7, 11) is 0. The van der Waals surface area contributed by atoms with Crippen molar-refractivity contribution in [2.45, 2.75) is 411 Å². The van der Waals surface area contributed by atoms with Gasteiger partial charge >= 0.3 is 12.2 Å². The van der Waals surface area contributed by atoms with Gasteiger partial charge in [0.1, 0.15) is 40.4 Å². The van der Waals surface area contributed by atoms with Gasteiger partial charge in [0.05, 0.1) is 6.21 Å². The van der Waals surface area contributed by atoms with Crippen LogP contribution in [0, 0.1) is 18.3 Å². The summed E-state index contributed by atoms with van der Waals surface area (Å²) < 4.78 is 22.3. The van der Waals surface area contributed by atoms with E-state index in [0.29, 0.717) is 48.8 Å². The average Bonchev–Trinajstić information content (AvgIpc) is 1.67. The Bertz CT molecular complexity index is 5600. The van der Waals surface area contributed by atoms with E-state index in [9.17, 15) is 14.4 Å². The number of hydrogen-bond donors (Lipinski definition) is 3. The normalized spacial score (nSPS) is 21.3. The molecule has 17 rings (SSSR count). The lowest BCUT2D eigenvalue weighted by Crippen LogP contribution is -2.41. The molecule has 3 N–H and O–H groups in total. The first-order valence-electron chi connectivity index (χ1n) is 51.0. The Morgan fingerprint density at radius 1 is 0.409 bits per heavy atom. The molecule has 3 fully saturated rings. The Kier molecular flexibility index (Phi) is 33.0. The number of halogens is 1. The SMILES string of the molecule is C#CC1CCN(C(=O)OC(C)(C)C)CC1.CC(C)(C)OC(=O)N1CCC(c2cc(-c3ccc4c(c3)C(C)(C)CCC4(C)C)no2)CC1.CC1(C)CCC(C)(C)c2cc(-c3cc(C4CCNCC4)on3)ccc21.CC1(C)CCC(C)(C)c2cc(/C(Cl)=N\O)ccc21.CC1(C)CCC(C)(C)c2cc(/C=N\O)ccc21.CC1(C)CCC(C)(C)c2cc(C=O)ccc21.CC1(C)CCC(C)(C)c2ccccc21. The molecule has 8 aromatic rings. The van der Waals surface area contributed by atoms with Crippen molar-refractivity contribution in [1.82, 2.24) is 25.4 Å². The van der Waals surface area contributed by atoms with Crippen molar-refractivity contribution in [2.75, 3.05) is 39.3 Å². The highest BCUT2D eigenvalue weighted by Crippen LogP contribution is 2.53. The van der Waals surface area contributed by atoms with Gasteiger partial charge in [-0.1, -0.05) is 283 Å². The monoisotopic (exact) mass is 1890 g/mol. The first-order chi connectivity index (χ1) is 63.6. The number of hydrogen-bond acceptors (Lipinski definition) is 14. The lowest BCUT2D eigenvalue weighted by molar-refractivity contribution is 0.0189. The number of likely N-dealkylation sites (tertiary alicyclic amines) is 2. The number of terminal acetylenes is 1. The van der Waals surface area contributed by atoms with Gasteiger partial charge in [0.25, 0.3) is 0 Å². The van der Waals surface area contributed by atoms with E-state index in [1.807, 2.05) is 59.7 Å². The van der Waals surface area contributed by atoms with Crippen molar-refractivity contribution >= 4 is 41.5 Å². The standard InChI is InChI=1S/C27H38N2O3.C22H30N2O.C15H20ClNO.C15H21NO.C15H20O.C14H20.C12H19NO2/c1-25(2,3)31-24(30)29-14-10-18(11-15-29)23-17-22(28-32-23)19-8-9-20-21(16-19)27(6,7)13-12-26(20,4)5;1-21(2)9-10-22(3,4)18-13-16(5-6-17(18)21)19-14-20(25-24-19)15-7-11-23-12-8-15;1-14(2)7-8-15(3,4)12-9-10(13(16)17-18)5-6-11(12)14;1-14(2)7-8-15(3,4)13-9-11(10-16-17)5-6-12(13)14;1-14(2)7-8-15(3,4)13-9-11(10-16)5-6-12(13)14;1-13(2)9-10-14(3,4)12-8-6-5-7-11(12)13;1-5-10-6-8-13(9-7-10)11(14)15-12(2,3)4/h8-9,16-18H,10-15H2,1-7H3;5-6,13-15,23H,7-12H2,1-4H3;5-6,9,18H,7-8H2,1-4H3;5-6,9-10,17H,7-8H2,1-4H3;5-6,9-10H,7-8H2,1-4H3;5-8H,9-10H2,1-4H3;1,10H,6-9H2,2-4H3/b;;17-13+;16-10-;;;. The lowest BCUT2D eigenvalue weighted by Gasteiger charge is -2.42. The zero-order valence-corrected chi connectivity index (χ0v) is 90.1. The molecule has 3 aliphatic heterocycles. The number of piperidine rings is 3. The van der Waals surface area contributed by atoms with E-state index >= 15 is 0 Å². The van der Waals surface area contributed by atoms with E-state index in [1.165, 1.54) is 138 Å². The summed E-state index contributed by atoms with van der Waals surface area (Å²) >= 11 is 5.90. The van der Waals surface area contributed by atoms with Crippen molar-refractivity contribution < 1.29 is 43.3 Å². The summed E-state index contributed by atoms with van der Waals surface area (Å²) in [5, 5.41) is 36.0. The van der Waals surface area contributed by atoms with Gasteiger partial charge in [-0.2, -0.15) is 0 Å². The van der Waals surface area contributed by atoms with Gasteiger partial charge in [-0.05, 0) is 338 Å². The number of fused-ring (bicyclic) bond motifs is 6. The molecule has 0 bridgehead atoms. The minimum absolute atomic E-state index is 0.146. The molecule has 5 heterocycles. The smallest absolute Gasteiger partial charge is 0.410 e. The Morgan fingerprint density at radius 3 is 1.03 bits per heavy atom. The number of nitrogens with one attached hydrogen (secondary N) is 1. The van der Waals surface area contributed by atoms with Crippen molar-refractivity contribution in [3.05, 3.63) is 222 Å². The maximum atomic E-state index is 12.3. The van der Waals surface area contributed by atoms with Crippen LogP contribution in [0.5, 0.6) is 0 Å². The first-order valence-corrected chi connectivity index (χ1v) is 51.4. The molecular formula is C120H168ClN7O9. The maximum Gasteiger partial charge on any atom is 0.410 e. The third-order valence-corrected chi connectivity index (χ3v) is 32.4. The van der Waals surface area contributed by atoms with Crippen molar-refractivity contribution in [2.24, 2.45) is 16.2 Å². The largest absolute Gasteiger partial charge is 0.444 e. The second kappa shape index (κ2) is 41.9. The Morgan fingerprint density at radius 2 is 0.701 bits per heavy atom. The number of amides is 2. The van der Waals surface area contributed by atoms with E-state index in [4.69, 9.17) is 47.0 Å². The Balaban J connectivity index is 0.000000157. The molecule has 0 unspecified atom stereocenters. The molecule has 0 radical (unpaired) electrons. The number of nitrogens with zero attached hydrogens (tertiary/aromatic N) is 6. The molecule has 6 aromatic carbocycles. The molecule has 2 amide bonds. The zero-order chi connectivity index (χ0) is 101. The van der Waals surface area contributed by atoms with Crippen LogP contribution in [0.4, 0.5) is 9.59 Å². The lowest BCUT2D eigenvalue weighted by atomic mass is 9.63. The van der Waals surface area contributed by atoms with Crippen LogP contribution in [0.1, 0.15) is 435 Å². The van der Waals surface area contributed by atoms with E-state index in [-0.39, 0.29) is 77.4 Å². The quantitative estimate of drug-likeness (QED) is 0.0448. The van der Waals surface area contributed by atoms with Gasteiger partial charge < -0.3 is 44.1 Å². The van der Waals surface area contributed by atoms with Crippen LogP contribution in [0.3, 0.4) is 0 Å². The van der Waals surface area contributed by atoms with Crippen LogP contribution < -0.4 is 5.32 Å². The fraction of sp³-hybridized carbons (Fsp3) is 0.592. The maximum absolute atomic E-state index is 12.3. The number of oxime groups is 2. The number of benzene rings is 6. The van der Waals surface area contributed by atoms with Gasteiger partial charge in [-0.3, -0.25) is 4.79 Å². The second-order valence-electron chi connectivity index (χ2n) is 50.7. The summed E-state index contributed by atoms with van der Waals surface area (Å²) in [5.41, 5.74) is 26.0. The minimum Gasteiger partial charge on any atom is -0.444 e. The second-order valence-corrected chi connectivity index (χ2v) is 51.1. The topological polar surface area (TPSA) is 205 Å². The predicted octanol–water partition coefficient (Wildman–Crippen LogP) is 30.4. The number of ether oxygens (including phenoxy) is 2. The molecule has 2 aromatic heterocycles. The van der Waals surface area contributed by atoms with E-state index in [2.05, 4.69) is 307 Å². The highest BCUT2D eigenvalue weighted by molar-refractivity contribution is 6.69. The average molecular weight is 1890 g/mol. The Labute approximate surface area is 829 Å². The van der Waals surface area contributed by atoms with Crippen LogP contribution in [0.25, 0.3) is 22.5 Å². The molecule has 744 valence electrons. The van der Waals surface area contributed by atoms with Crippen LogP contribution in [0.2, 0.25) is 0 Å². The summed E-state index contributed by atoms with van der Waals surface area (Å²) in [5.74, 6) is 5.81. The molecule has 17 heteroatoms. The molecule has 0 saturated carbocycles. The molecule has 0 spiro atoms. The van der Waals surface area contributed by atoms with Crippen molar-refractivity contribution in [3.63, 3.8) is 0 Å². The van der Waals surface area contributed by atoms with Crippen LogP contribution in [0.15, 0.2) is 147 Å². The number of rotatable bonds is 7. The predicted molar refractivity (Wildman–Crippen MR) is 564 cm³/mol. The third kappa shape index (κ3) is 26.3. The minimum atomic E-state index is -0.466. The molecular weight excluding hydrogens is 1720 g/mol. The van der Waals surface area contributed by atoms with Crippen LogP contribution in [-0.2, 0) is 74.5 Å². The van der Waals surface area contributed by atoms with Crippen LogP contribution >= 0.6 is 11.6 Å². The van der Waals surface area contributed by atoms with Crippen LogP contribution in [-0.4, -0.2) is 111 Å². The van der Waals surface area contributed by atoms with Crippen molar-refractivity contribution in [3.8, 4) is 34.9 Å². The summed E-state index contributed by atoms with van der Waals surface area (Å²) in [6.45, 7) is 72.0. The number of aromatic nitrogens is 2.